The van der Waals surface area contributed by atoms with Crippen LogP contribution in [0, 0.1) is 5.41 Å². The molecule has 1 N–H and O–H groups in total. The molecule has 2 aliphatic rings. The molecule has 1 aromatic rings. The van der Waals surface area contributed by atoms with Crippen molar-refractivity contribution >= 4 is 45.8 Å². The molecule has 0 radical (unpaired) electrons. The molecule has 2 fully saturated rings. The zero-order chi connectivity index (χ0) is 14.9. The quantitative estimate of drug-likeness (QED) is 0.758. The minimum Gasteiger partial charge on any atom is -0.339 e. The van der Waals surface area contributed by atoms with Crippen LogP contribution < -0.4 is 5.32 Å². The van der Waals surface area contributed by atoms with Gasteiger partial charge in [-0.1, -0.05) is 11.6 Å². The van der Waals surface area contributed by atoms with Crippen molar-refractivity contribution in [3.8, 4) is 0 Å². The molecule has 3 nitrogen and oxygen atoms in total. The minimum atomic E-state index is 0. The third-order valence-electron chi connectivity index (χ3n) is 4.94. The highest BCUT2D eigenvalue weighted by Gasteiger charge is 2.37. The molecule has 2 saturated heterocycles. The minimum absolute atomic E-state index is 0. The number of carbonyl (C=O) groups is 1. The molecule has 0 aliphatic carbocycles. The summed E-state index contributed by atoms with van der Waals surface area (Å²) in [5.74, 6) is 0.113. The van der Waals surface area contributed by atoms with E-state index in [0.717, 1.165) is 43.5 Å². The second kappa shape index (κ2) is 7.52. The Morgan fingerprint density at radius 2 is 1.82 bits per heavy atom. The van der Waals surface area contributed by atoms with Crippen LogP contribution >= 0.6 is 39.9 Å². The van der Waals surface area contributed by atoms with Gasteiger partial charge in [0.25, 0.3) is 5.91 Å². The summed E-state index contributed by atoms with van der Waals surface area (Å²) in [6.45, 7) is 3.98. The number of hydrogen-bond acceptors (Lipinski definition) is 2. The molecule has 1 aromatic carbocycles. The molecule has 122 valence electrons. The Morgan fingerprint density at radius 1 is 1.18 bits per heavy atom. The Bertz CT molecular complexity index is 537. The van der Waals surface area contributed by atoms with Crippen molar-refractivity contribution in [2.24, 2.45) is 5.41 Å². The van der Waals surface area contributed by atoms with Crippen LogP contribution in [0.5, 0.6) is 0 Å². The van der Waals surface area contributed by atoms with Crippen molar-refractivity contribution in [2.45, 2.75) is 25.7 Å². The van der Waals surface area contributed by atoms with Crippen LogP contribution in [-0.4, -0.2) is 37.0 Å². The van der Waals surface area contributed by atoms with Crippen molar-refractivity contribution in [2.75, 3.05) is 26.2 Å². The lowest BCUT2D eigenvalue weighted by Gasteiger charge is -2.44. The van der Waals surface area contributed by atoms with Crippen LogP contribution in [0.25, 0.3) is 0 Å². The standard InChI is InChI=1S/C16H20BrClN2O.ClH/c17-14-11-12(18)1-2-13(14)15(21)20-9-5-16(6-10-20)3-7-19-8-4-16;/h1-2,11,19H,3-10H2;1H. The number of carbonyl (C=O) groups excluding carboxylic acids is 1. The number of hydrogen-bond donors (Lipinski definition) is 1. The zero-order valence-corrected chi connectivity index (χ0v) is 15.6. The van der Waals surface area contributed by atoms with Crippen molar-refractivity contribution in [1.82, 2.24) is 10.2 Å². The van der Waals surface area contributed by atoms with Crippen molar-refractivity contribution in [1.29, 1.82) is 0 Å². The van der Waals surface area contributed by atoms with E-state index in [1.54, 1.807) is 12.1 Å². The van der Waals surface area contributed by atoms with Crippen molar-refractivity contribution in [3.63, 3.8) is 0 Å². The molecule has 0 saturated carbocycles. The highest BCUT2D eigenvalue weighted by molar-refractivity contribution is 9.10. The smallest absolute Gasteiger partial charge is 0.254 e. The van der Waals surface area contributed by atoms with Gasteiger partial charge in [0, 0.05) is 22.6 Å². The van der Waals surface area contributed by atoms with E-state index in [1.165, 1.54) is 12.8 Å². The third-order valence-corrected chi connectivity index (χ3v) is 5.83. The predicted molar refractivity (Wildman–Crippen MR) is 96.1 cm³/mol. The molecule has 22 heavy (non-hydrogen) atoms. The Balaban J connectivity index is 0.00000176. The molecule has 0 bridgehead atoms. The maximum Gasteiger partial charge on any atom is 0.254 e. The van der Waals surface area contributed by atoms with E-state index < -0.39 is 0 Å². The van der Waals surface area contributed by atoms with Gasteiger partial charge in [0.15, 0.2) is 0 Å². The van der Waals surface area contributed by atoms with Crippen LogP contribution in [-0.2, 0) is 0 Å². The average molecular weight is 408 g/mol. The van der Waals surface area contributed by atoms with Crippen LogP contribution in [0.15, 0.2) is 22.7 Å². The van der Waals surface area contributed by atoms with Crippen LogP contribution in [0.1, 0.15) is 36.0 Å². The third kappa shape index (κ3) is 3.78. The molecule has 0 unspecified atom stereocenters. The Labute approximate surface area is 151 Å². The molecule has 1 spiro atoms. The van der Waals surface area contributed by atoms with Gasteiger partial charge in [0.2, 0.25) is 0 Å². The largest absolute Gasteiger partial charge is 0.339 e. The molecule has 2 heterocycles. The number of nitrogens with zero attached hydrogens (tertiary/aromatic N) is 1. The number of piperidine rings is 2. The molecule has 0 aromatic heterocycles. The van der Waals surface area contributed by atoms with Gasteiger partial charge in [-0.15, -0.1) is 12.4 Å². The SMILES string of the molecule is Cl.O=C(c1ccc(Cl)cc1Br)N1CCC2(CCNCC2)CC1. The lowest BCUT2D eigenvalue weighted by molar-refractivity contribution is 0.0495. The van der Waals surface area contributed by atoms with Gasteiger partial charge in [0.05, 0.1) is 5.56 Å². The van der Waals surface area contributed by atoms with Crippen LogP contribution in [0.3, 0.4) is 0 Å². The zero-order valence-electron chi connectivity index (χ0n) is 12.4. The molecule has 3 rings (SSSR count). The first-order valence-electron chi connectivity index (χ1n) is 7.55. The second-order valence-electron chi connectivity index (χ2n) is 6.17. The summed E-state index contributed by atoms with van der Waals surface area (Å²) < 4.78 is 0.780. The average Bonchev–Trinajstić information content (AvgIpc) is 2.48. The van der Waals surface area contributed by atoms with E-state index in [2.05, 4.69) is 21.2 Å². The lowest BCUT2D eigenvalue weighted by Crippen LogP contribution is -2.47. The fraction of sp³-hybridized carbons (Fsp3) is 0.562. The van der Waals surface area contributed by atoms with Gasteiger partial charge >= 0.3 is 0 Å². The number of likely N-dealkylation sites (tertiary alicyclic amines) is 1. The normalized spacial score (nSPS) is 20.5. The molecule has 0 atom stereocenters. The molecule has 2 aliphatic heterocycles. The highest BCUT2D eigenvalue weighted by Crippen LogP contribution is 2.40. The second-order valence-corrected chi connectivity index (χ2v) is 7.46. The van der Waals surface area contributed by atoms with E-state index in [0.29, 0.717) is 16.0 Å². The first-order valence-corrected chi connectivity index (χ1v) is 8.72. The van der Waals surface area contributed by atoms with E-state index in [4.69, 9.17) is 11.6 Å². The number of nitrogens with one attached hydrogen (secondary N) is 1. The summed E-state index contributed by atoms with van der Waals surface area (Å²) >= 11 is 9.39. The topological polar surface area (TPSA) is 32.3 Å². The molecular formula is C16H21BrCl2N2O. The van der Waals surface area contributed by atoms with Gasteiger partial charge in [-0.2, -0.15) is 0 Å². The maximum absolute atomic E-state index is 12.6. The van der Waals surface area contributed by atoms with Gasteiger partial charge < -0.3 is 10.2 Å². The number of amides is 1. The van der Waals surface area contributed by atoms with Gasteiger partial charge in [-0.3, -0.25) is 4.79 Å². The van der Waals surface area contributed by atoms with E-state index >= 15 is 0 Å². The number of rotatable bonds is 1. The van der Waals surface area contributed by atoms with Gasteiger partial charge in [-0.25, -0.2) is 0 Å². The Hall–Kier alpha value is -0.290. The number of halogens is 3. The Morgan fingerprint density at radius 3 is 2.41 bits per heavy atom. The summed E-state index contributed by atoms with van der Waals surface area (Å²) in [6.07, 6.45) is 4.76. The van der Waals surface area contributed by atoms with E-state index in [9.17, 15) is 4.79 Å². The van der Waals surface area contributed by atoms with Crippen LogP contribution in [0.4, 0.5) is 0 Å². The van der Waals surface area contributed by atoms with Crippen LogP contribution in [0.2, 0.25) is 5.02 Å². The Kier molecular flexibility index (Phi) is 6.17. The first-order chi connectivity index (χ1) is 10.1. The van der Waals surface area contributed by atoms with Gasteiger partial charge in [0.1, 0.15) is 0 Å². The summed E-state index contributed by atoms with van der Waals surface area (Å²) in [7, 11) is 0. The summed E-state index contributed by atoms with van der Waals surface area (Å²) in [6, 6.07) is 5.37. The van der Waals surface area contributed by atoms with E-state index in [-0.39, 0.29) is 18.3 Å². The lowest BCUT2D eigenvalue weighted by atomic mass is 9.71. The fourth-order valence-corrected chi connectivity index (χ4v) is 4.33. The molecule has 1 amide bonds. The monoisotopic (exact) mass is 406 g/mol. The van der Waals surface area contributed by atoms with Gasteiger partial charge in [-0.05, 0) is 78.3 Å². The molecular weight excluding hydrogens is 387 g/mol. The fourth-order valence-electron chi connectivity index (χ4n) is 3.47. The number of benzene rings is 1. The summed E-state index contributed by atoms with van der Waals surface area (Å²) in [4.78, 5) is 14.6. The van der Waals surface area contributed by atoms with E-state index in [1.807, 2.05) is 11.0 Å². The maximum atomic E-state index is 12.6. The molecule has 6 heteroatoms. The first kappa shape index (κ1) is 18.1. The summed E-state index contributed by atoms with van der Waals surface area (Å²) in [5, 5.41) is 4.07. The van der Waals surface area contributed by atoms with Crippen molar-refractivity contribution < 1.29 is 4.79 Å². The predicted octanol–water partition coefficient (Wildman–Crippen LogP) is 4.13. The van der Waals surface area contributed by atoms with Crippen molar-refractivity contribution in [3.05, 3.63) is 33.3 Å². The highest BCUT2D eigenvalue weighted by atomic mass is 79.9. The summed E-state index contributed by atoms with van der Waals surface area (Å²) in [5.41, 5.74) is 1.18.